The third-order valence-electron chi connectivity index (χ3n) is 6.62. The third kappa shape index (κ3) is 5.94. The zero-order valence-electron chi connectivity index (χ0n) is 21.2. The van der Waals surface area contributed by atoms with Crippen LogP contribution in [0.15, 0.2) is 30.3 Å². The van der Waals surface area contributed by atoms with Gasteiger partial charge in [0.1, 0.15) is 11.6 Å². The van der Waals surface area contributed by atoms with E-state index in [-0.39, 0.29) is 17.6 Å². The average Bonchev–Trinajstić information content (AvgIpc) is 2.92. The molecule has 0 aliphatic carbocycles. The number of amides is 2. The number of rotatable bonds is 7. The summed E-state index contributed by atoms with van der Waals surface area (Å²) in [5.74, 6) is -0.959. The minimum absolute atomic E-state index is 0.133. The van der Waals surface area contributed by atoms with Gasteiger partial charge in [0.15, 0.2) is 11.5 Å². The molecule has 2 aliphatic rings. The number of piperazine rings is 1. The fourth-order valence-electron chi connectivity index (χ4n) is 4.66. The van der Waals surface area contributed by atoms with Crippen molar-refractivity contribution in [2.75, 3.05) is 73.7 Å². The number of methoxy groups -OCH3 is 3. The standard InChI is InChI=1S/C26H31F2N3O6/c1-34-22-12-17(13-23(35-2)24(22)36-3)25(32)30-8-6-29(7-9-30)15-19-16-31(10-11-37-19)26(33)20-5-4-18(27)14-21(20)28/h4-5,12-14,19H,6-11,15-16H2,1-3H3/t19-/m1/s1. The zero-order chi connectivity index (χ0) is 26.5. The molecule has 200 valence electrons. The van der Waals surface area contributed by atoms with Crippen LogP contribution in [0, 0.1) is 11.6 Å². The zero-order valence-corrected chi connectivity index (χ0v) is 21.2. The highest BCUT2D eigenvalue weighted by Crippen LogP contribution is 2.38. The van der Waals surface area contributed by atoms with E-state index >= 15 is 0 Å². The summed E-state index contributed by atoms with van der Waals surface area (Å²) in [4.78, 5) is 31.4. The number of morpholine rings is 1. The Morgan fingerprint density at radius 3 is 2.16 bits per heavy atom. The molecule has 2 aromatic rings. The van der Waals surface area contributed by atoms with Gasteiger partial charge in [0.2, 0.25) is 5.75 Å². The summed E-state index contributed by atoms with van der Waals surface area (Å²) in [5, 5.41) is 0. The number of halogens is 2. The molecule has 0 N–H and O–H groups in total. The van der Waals surface area contributed by atoms with E-state index in [4.69, 9.17) is 18.9 Å². The number of benzene rings is 2. The smallest absolute Gasteiger partial charge is 0.257 e. The normalized spacial score (nSPS) is 18.5. The predicted molar refractivity (Wildman–Crippen MR) is 130 cm³/mol. The van der Waals surface area contributed by atoms with Gasteiger partial charge in [-0.05, 0) is 24.3 Å². The molecular formula is C26H31F2N3O6. The monoisotopic (exact) mass is 519 g/mol. The number of hydrogen-bond donors (Lipinski definition) is 0. The molecule has 0 radical (unpaired) electrons. The van der Waals surface area contributed by atoms with E-state index in [9.17, 15) is 18.4 Å². The van der Waals surface area contributed by atoms with Gasteiger partial charge in [-0.25, -0.2) is 8.78 Å². The Balaban J connectivity index is 1.33. The molecule has 37 heavy (non-hydrogen) atoms. The van der Waals surface area contributed by atoms with Gasteiger partial charge in [-0.1, -0.05) is 0 Å². The molecule has 0 spiro atoms. The highest BCUT2D eigenvalue weighted by atomic mass is 19.1. The van der Waals surface area contributed by atoms with E-state index in [1.54, 1.807) is 17.0 Å². The van der Waals surface area contributed by atoms with Gasteiger partial charge in [0.05, 0.1) is 39.6 Å². The summed E-state index contributed by atoms with van der Waals surface area (Å²) in [6.07, 6.45) is -0.251. The van der Waals surface area contributed by atoms with Crippen LogP contribution in [0.1, 0.15) is 20.7 Å². The number of carbonyl (C=O) groups excluding carboxylic acids is 2. The van der Waals surface area contributed by atoms with E-state index in [1.165, 1.54) is 32.3 Å². The fraction of sp³-hybridized carbons (Fsp3) is 0.462. The van der Waals surface area contributed by atoms with Crippen molar-refractivity contribution < 1.29 is 37.3 Å². The second kappa shape index (κ2) is 11.7. The molecule has 0 bridgehead atoms. The predicted octanol–water partition coefficient (Wildman–Crippen LogP) is 2.29. The maximum atomic E-state index is 14.1. The van der Waals surface area contributed by atoms with Crippen LogP contribution in [0.4, 0.5) is 8.78 Å². The molecule has 2 amide bonds. The van der Waals surface area contributed by atoms with Crippen LogP contribution in [-0.4, -0.2) is 106 Å². The van der Waals surface area contributed by atoms with E-state index in [0.717, 1.165) is 6.07 Å². The molecule has 2 aromatic carbocycles. The summed E-state index contributed by atoms with van der Waals surface area (Å²) < 4.78 is 49.2. The summed E-state index contributed by atoms with van der Waals surface area (Å²) in [6.45, 7) is 3.86. The van der Waals surface area contributed by atoms with Crippen molar-refractivity contribution >= 4 is 11.8 Å². The maximum absolute atomic E-state index is 14.1. The van der Waals surface area contributed by atoms with Gasteiger partial charge in [-0.2, -0.15) is 0 Å². The molecule has 0 aromatic heterocycles. The van der Waals surface area contributed by atoms with Crippen LogP contribution < -0.4 is 14.2 Å². The number of hydrogen-bond acceptors (Lipinski definition) is 7. The van der Waals surface area contributed by atoms with Crippen LogP contribution in [0.25, 0.3) is 0 Å². The van der Waals surface area contributed by atoms with Crippen molar-refractivity contribution in [2.24, 2.45) is 0 Å². The molecule has 2 aliphatic heterocycles. The number of ether oxygens (including phenoxy) is 4. The minimum Gasteiger partial charge on any atom is -0.493 e. The highest BCUT2D eigenvalue weighted by Gasteiger charge is 2.30. The molecular weight excluding hydrogens is 488 g/mol. The van der Waals surface area contributed by atoms with Gasteiger partial charge >= 0.3 is 0 Å². The second-order valence-electron chi connectivity index (χ2n) is 8.87. The van der Waals surface area contributed by atoms with Crippen molar-refractivity contribution in [3.8, 4) is 17.2 Å². The molecule has 2 saturated heterocycles. The molecule has 1 atom stereocenters. The van der Waals surface area contributed by atoms with E-state index in [0.29, 0.717) is 81.3 Å². The topological polar surface area (TPSA) is 80.8 Å². The summed E-state index contributed by atoms with van der Waals surface area (Å²) in [7, 11) is 4.51. The lowest BCUT2D eigenvalue weighted by Gasteiger charge is -2.39. The Labute approximate surface area is 214 Å². The van der Waals surface area contributed by atoms with E-state index < -0.39 is 17.5 Å². The Bertz CT molecular complexity index is 1110. The molecule has 11 heteroatoms. The van der Waals surface area contributed by atoms with Crippen molar-refractivity contribution in [1.82, 2.24) is 14.7 Å². The molecule has 2 heterocycles. The largest absolute Gasteiger partial charge is 0.493 e. The first kappa shape index (κ1) is 26.6. The molecule has 0 saturated carbocycles. The van der Waals surface area contributed by atoms with Crippen molar-refractivity contribution in [1.29, 1.82) is 0 Å². The van der Waals surface area contributed by atoms with Crippen molar-refractivity contribution in [3.63, 3.8) is 0 Å². The van der Waals surface area contributed by atoms with Gasteiger partial charge in [0.25, 0.3) is 11.8 Å². The summed E-state index contributed by atoms with van der Waals surface area (Å²) >= 11 is 0. The van der Waals surface area contributed by atoms with Gasteiger partial charge in [-0.15, -0.1) is 0 Å². The lowest BCUT2D eigenvalue weighted by molar-refractivity contribution is -0.0401. The lowest BCUT2D eigenvalue weighted by atomic mass is 10.1. The van der Waals surface area contributed by atoms with Crippen LogP contribution in [-0.2, 0) is 4.74 Å². The average molecular weight is 520 g/mol. The van der Waals surface area contributed by atoms with E-state index in [1.807, 2.05) is 0 Å². The summed E-state index contributed by atoms with van der Waals surface area (Å²) in [6, 6.07) is 6.24. The second-order valence-corrected chi connectivity index (χ2v) is 8.87. The highest BCUT2D eigenvalue weighted by molar-refractivity contribution is 5.96. The minimum atomic E-state index is -0.874. The Morgan fingerprint density at radius 1 is 0.892 bits per heavy atom. The van der Waals surface area contributed by atoms with Crippen molar-refractivity contribution in [2.45, 2.75) is 6.10 Å². The van der Waals surface area contributed by atoms with Crippen LogP contribution in [0.5, 0.6) is 17.2 Å². The Kier molecular flexibility index (Phi) is 8.45. The van der Waals surface area contributed by atoms with E-state index in [2.05, 4.69) is 4.90 Å². The first-order chi connectivity index (χ1) is 17.8. The lowest BCUT2D eigenvalue weighted by Crippen LogP contribution is -2.54. The van der Waals surface area contributed by atoms with Crippen LogP contribution >= 0.6 is 0 Å². The maximum Gasteiger partial charge on any atom is 0.257 e. The Morgan fingerprint density at radius 2 is 1.57 bits per heavy atom. The molecule has 9 nitrogen and oxygen atoms in total. The SMILES string of the molecule is COc1cc(C(=O)N2CCN(C[C@@H]3CN(C(=O)c4ccc(F)cc4F)CCO3)CC2)cc(OC)c1OC. The summed E-state index contributed by atoms with van der Waals surface area (Å²) in [5.41, 5.74) is 0.293. The van der Waals surface area contributed by atoms with Crippen LogP contribution in [0.2, 0.25) is 0 Å². The molecule has 0 unspecified atom stereocenters. The Hall–Kier alpha value is -3.44. The quantitative estimate of drug-likeness (QED) is 0.555. The fourth-order valence-corrected chi connectivity index (χ4v) is 4.66. The van der Waals surface area contributed by atoms with Gasteiger partial charge in [0, 0.05) is 57.4 Å². The third-order valence-corrected chi connectivity index (χ3v) is 6.62. The van der Waals surface area contributed by atoms with Crippen LogP contribution in [0.3, 0.4) is 0 Å². The first-order valence-electron chi connectivity index (χ1n) is 12.0. The molecule has 4 rings (SSSR count). The first-order valence-corrected chi connectivity index (χ1v) is 12.0. The number of nitrogens with zero attached hydrogens (tertiary/aromatic N) is 3. The molecule has 2 fully saturated rings. The number of carbonyl (C=O) groups is 2. The van der Waals surface area contributed by atoms with Crippen molar-refractivity contribution in [3.05, 3.63) is 53.1 Å². The van der Waals surface area contributed by atoms with Gasteiger partial charge < -0.3 is 28.7 Å². The van der Waals surface area contributed by atoms with Gasteiger partial charge in [-0.3, -0.25) is 14.5 Å².